The molecule has 0 aromatic carbocycles. The number of rotatable bonds is 3. The Hall–Kier alpha value is -1.54. The SMILES string of the molecule is CN(C)C=C(C#N)C(=O)ON1CCCC1. The van der Waals surface area contributed by atoms with Crippen molar-refractivity contribution in [2.45, 2.75) is 12.8 Å². The summed E-state index contributed by atoms with van der Waals surface area (Å²) in [6, 6.07) is 1.83. The van der Waals surface area contributed by atoms with Gasteiger partial charge in [-0.1, -0.05) is 0 Å². The quantitative estimate of drug-likeness (QED) is 0.500. The lowest BCUT2D eigenvalue weighted by Crippen LogP contribution is -2.25. The molecule has 0 bridgehead atoms. The van der Waals surface area contributed by atoms with Crippen LogP contribution in [0.2, 0.25) is 0 Å². The van der Waals surface area contributed by atoms with Gasteiger partial charge in [-0.25, -0.2) is 4.79 Å². The van der Waals surface area contributed by atoms with E-state index in [1.165, 1.54) is 6.20 Å². The molecule has 15 heavy (non-hydrogen) atoms. The van der Waals surface area contributed by atoms with Gasteiger partial charge in [-0.05, 0) is 12.8 Å². The third kappa shape index (κ3) is 3.60. The molecule has 0 saturated carbocycles. The van der Waals surface area contributed by atoms with E-state index in [4.69, 9.17) is 10.1 Å². The van der Waals surface area contributed by atoms with Crippen molar-refractivity contribution < 1.29 is 9.63 Å². The van der Waals surface area contributed by atoms with Crippen molar-refractivity contribution in [3.05, 3.63) is 11.8 Å². The maximum absolute atomic E-state index is 11.5. The molecule has 0 aromatic rings. The maximum atomic E-state index is 11.5. The molecule has 1 fully saturated rings. The topological polar surface area (TPSA) is 56.6 Å². The van der Waals surface area contributed by atoms with Crippen molar-refractivity contribution >= 4 is 5.97 Å². The first-order chi connectivity index (χ1) is 7.13. The van der Waals surface area contributed by atoms with E-state index in [1.807, 2.05) is 6.07 Å². The number of nitriles is 1. The molecule has 0 atom stereocenters. The summed E-state index contributed by atoms with van der Waals surface area (Å²) >= 11 is 0. The molecule has 0 aromatic heterocycles. The van der Waals surface area contributed by atoms with Crippen LogP contribution in [0.15, 0.2) is 11.8 Å². The fourth-order valence-electron chi connectivity index (χ4n) is 1.33. The van der Waals surface area contributed by atoms with E-state index in [-0.39, 0.29) is 5.57 Å². The Balaban J connectivity index is 2.54. The molecular formula is C10H15N3O2. The summed E-state index contributed by atoms with van der Waals surface area (Å²) in [4.78, 5) is 18.2. The Labute approximate surface area is 89.5 Å². The predicted molar refractivity (Wildman–Crippen MR) is 54.3 cm³/mol. The standard InChI is InChI=1S/C10H15N3O2/c1-12(2)8-9(7-11)10(14)15-13-5-3-4-6-13/h8H,3-6H2,1-2H3. The molecule has 0 amide bonds. The first-order valence-corrected chi connectivity index (χ1v) is 4.89. The summed E-state index contributed by atoms with van der Waals surface area (Å²) in [5.41, 5.74) is 0.0203. The summed E-state index contributed by atoms with van der Waals surface area (Å²) in [5, 5.41) is 10.4. The molecular weight excluding hydrogens is 194 g/mol. The van der Waals surface area contributed by atoms with E-state index in [1.54, 1.807) is 24.1 Å². The molecule has 0 unspecified atom stereocenters. The van der Waals surface area contributed by atoms with Gasteiger partial charge in [0.1, 0.15) is 6.07 Å². The summed E-state index contributed by atoms with van der Waals surface area (Å²) < 4.78 is 0. The van der Waals surface area contributed by atoms with E-state index in [0.29, 0.717) is 0 Å². The van der Waals surface area contributed by atoms with E-state index in [9.17, 15) is 4.79 Å². The molecule has 0 N–H and O–H groups in total. The molecule has 0 aliphatic carbocycles. The van der Waals surface area contributed by atoms with Crippen LogP contribution in [-0.4, -0.2) is 43.1 Å². The van der Waals surface area contributed by atoms with Gasteiger partial charge in [0.2, 0.25) is 0 Å². The number of nitrogens with zero attached hydrogens (tertiary/aromatic N) is 3. The van der Waals surface area contributed by atoms with Crippen LogP contribution in [0.4, 0.5) is 0 Å². The van der Waals surface area contributed by atoms with Crippen LogP contribution < -0.4 is 0 Å². The summed E-state index contributed by atoms with van der Waals surface area (Å²) in [7, 11) is 3.50. The van der Waals surface area contributed by atoms with Gasteiger partial charge in [0.05, 0.1) is 0 Å². The Kier molecular flexibility index (Phi) is 4.13. The highest BCUT2D eigenvalue weighted by Gasteiger charge is 2.19. The molecule has 5 heteroatoms. The van der Waals surface area contributed by atoms with Crippen LogP contribution in [-0.2, 0) is 9.63 Å². The highest BCUT2D eigenvalue weighted by molar-refractivity contribution is 5.92. The van der Waals surface area contributed by atoms with E-state index >= 15 is 0 Å². The van der Waals surface area contributed by atoms with Crippen molar-refractivity contribution in [1.29, 1.82) is 5.26 Å². The van der Waals surface area contributed by atoms with Gasteiger partial charge in [0, 0.05) is 33.4 Å². The second-order valence-corrected chi connectivity index (χ2v) is 3.63. The lowest BCUT2D eigenvalue weighted by molar-refractivity contribution is -0.179. The average Bonchev–Trinajstić information content (AvgIpc) is 2.66. The smallest absolute Gasteiger partial charge is 0.369 e. The highest BCUT2D eigenvalue weighted by atomic mass is 16.7. The number of hydroxylamine groups is 2. The zero-order valence-corrected chi connectivity index (χ0v) is 9.06. The van der Waals surface area contributed by atoms with Crippen LogP contribution in [0.25, 0.3) is 0 Å². The monoisotopic (exact) mass is 209 g/mol. The van der Waals surface area contributed by atoms with Gasteiger partial charge in [0.25, 0.3) is 0 Å². The summed E-state index contributed by atoms with van der Waals surface area (Å²) in [6.45, 7) is 1.51. The van der Waals surface area contributed by atoms with Gasteiger partial charge < -0.3 is 9.74 Å². The van der Waals surface area contributed by atoms with Crippen molar-refractivity contribution in [3.8, 4) is 6.07 Å². The molecule has 1 aliphatic heterocycles. The van der Waals surface area contributed by atoms with Crippen LogP contribution in [0.3, 0.4) is 0 Å². The Bertz CT molecular complexity index is 298. The first-order valence-electron chi connectivity index (χ1n) is 4.89. The highest BCUT2D eigenvalue weighted by Crippen LogP contribution is 2.09. The van der Waals surface area contributed by atoms with Gasteiger partial charge in [0.15, 0.2) is 5.57 Å². The fraction of sp³-hybridized carbons (Fsp3) is 0.600. The minimum absolute atomic E-state index is 0.0203. The van der Waals surface area contributed by atoms with E-state index in [2.05, 4.69) is 0 Å². The minimum atomic E-state index is -0.576. The minimum Gasteiger partial charge on any atom is -0.382 e. The largest absolute Gasteiger partial charge is 0.382 e. The van der Waals surface area contributed by atoms with Gasteiger partial charge in [-0.15, -0.1) is 5.06 Å². The molecule has 5 nitrogen and oxygen atoms in total. The first kappa shape index (κ1) is 11.5. The van der Waals surface area contributed by atoms with Crippen LogP contribution >= 0.6 is 0 Å². The number of carbonyl (C=O) groups is 1. The van der Waals surface area contributed by atoms with Gasteiger partial charge >= 0.3 is 5.97 Å². The van der Waals surface area contributed by atoms with Gasteiger partial charge in [-0.3, -0.25) is 0 Å². The second kappa shape index (κ2) is 5.37. The molecule has 1 heterocycles. The molecule has 1 rings (SSSR count). The summed E-state index contributed by atoms with van der Waals surface area (Å²) in [6.07, 6.45) is 3.53. The Morgan fingerprint density at radius 1 is 1.47 bits per heavy atom. The third-order valence-electron chi connectivity index (χ3n) is 2.00. The van der Waals surface area contributed by atoms with E-state index < -0.39 is 5.97 Å². The van der Waals surface area contributed by atoms with Crippen molar-refractivity contribution in [1.82, 2.24) is 9.96 Å². The fourth-order valence-corrected chi connectivity index (χ4v) is 1.33. The summed E-state index contributed by atoms with van der Waals surface area (Å²) in [5.74, 6) is -0.576. The zero-order chi connectivity index (χ0) is 11.3. The molecule has 0 radical (unpaired) electrons. The Morgan fingerprint density at radius 3 is 2.53 bits per heavy atom. The van der Waals surface area contributed by atoms with Crippen molar-refractivity contribution in [3.63, 3.8) is 0 Å². The van der Waals surface area contributed by atoms with Crippen molar-refractivity contribution in [2.75, 3.05) is 27.2 Å². The average molecular weight is 209 g/mol. The van der Waals surface area contributed by atoms with Crippen molar-refractivity contribution in [2.24, 2.45) is 0 Å². The maximum Gasteiger partial charge on any atom is 0.369 e. The van der Waals surface area contributed by atoms with Crippen LogP contribution in [0.1, 0.15) is 12.8 Å². The number of carbonyl (C=O) groups excluding carboxylic acids is 1. The van der Waals surface area contributed by atoms with Crippen LogP contribution in [0, 0.1) is 11.3 Å². The van der Waals surface area contributed by atoms with Crippen LogP contribution in [0.5, 0.6) is 0 Å². The van der Waals surface area contributed by atoms with E-state index in [0.717, 1.165) is 25.9 Å². The number of hydrogen-bond acceptors (Lipinski definition) is 5. The third-order valence-corrected chi connectivity index (χ3v) is 2.00. The molecule has 0 spiro atoms. The molecule has 1 aliphatic rings. The predicted octanol–water partition coefficient (Wildman–Crippen LogP) is 0.509. The molecule has 1 saturated heterocycles. The second-order valence-electron chi connectivity index (χ2n) is 3.63. The van der Waals surface area contributed by atoms with Gasteiger partial charge in [-0.2, -0.15) is 5.26 Å². The number of hydrogen-bond donors (Lipinski definition) is 0. The normalized spacial score (nSPS) is 17.3. The Morgan fingerprint density at radius 2 is 2.07 bits per heavy atom. The molecule has 82 valence electrons. The lowest BCUT2D eigenvalue weighted by atomic mass is 10.3. The lowest BCUT2D eigenvalue weighted by Gasteiger charge is -2.14. The zero-order valence-electron chi connectivity index (χ0n) is 9.06.